The number of nitrogen functional groups attached to an aromatic ring is 1. The Bertz CT molecular complexity index is 977. The van der Waals surface area contributed by atoms with E-state index in [0.717, 1.165) is 54.1 Å². The molecule has 0 atom stereocenters. The summed E-state index contributed by atoms with van der Waals surface area (Å²) in [5, 5.41) is 5.23. The summed E-state index contributed by atoms with van der Waals surface area (Å²) in [7, 11) is 1.82. The Labute approximate surface area is 144 Å². The van der Waals surface area contributed by atoms with Gasteiger partial charge in [-0.25, -0.2) is 4.98 Å². The van der Waals surface area contributed by atoms with Gasteiger partial charge in [-0.05, 0) is 31.0 Å². The number of nitrogens with zero attached hydrogens (tertiary/aromatic N) is 5. The van der Waals surface area contributed by atoms with Gasteiger partial charge in [0, 0.05) is 25.7 Å². The molecule has 0 spiro atoms. The van der Waals surface area contributed by atoms with Crippen molar-refractivity contribution in [3.05, 3.63) is 18.2 Å². The van der Waals surface area contributed by atoms with Crippen LogP contribution in [0.25, 0.3) is 22.3 Å². The van der Waals surface area contributed by atoms with Gasteiger partial charge in [-0.15, -0.1) is 0 Å². The molecule has 0 saturated carbocycles. The number of anilines is 2. The highest BCUT2D eigenvalue weighted by atomic mass is 16.7. The van der Waals surface area contributed by atoms with Crippen LogP contribution in [0.4, 0.5) is 11.8 Å². The van der Waals surface area contributed by atoms with Crippen molar-refractivity contribution >= 4 is 22.8 Å². The van der Waals surface area contributed by atoms with E-state index in [-0.39, 0.29) is 6.79 Å². The summed E-state index contributed by atoms with van der Waals surface area (Å²) < 4.78 is 12.6. The van der Waals surface area contributed by atoms with E-state index in [4.69, 9.17) is 20.2 Å². The van der Waals surface area contributed by atoms with Crippen molar-refractivity contribution in [1.82, 2.24) is 19.7 Å². The molecule has 8 heteroatoms. The molecule has 8 nitrogen and oxygen atoms in total. The fourth-order valence-electron chi connectivity index (χ4n) is 3.41. The first kappa shape index (κ1) is 14.3. The van der Waals surface area contributed by atoms with Gasteiger partial charge in [0.1, 0.15) is 5.82 Å². The summed E-state index contributed by atoms with van der Waals surface area (Å²) in [5.41, 5.74) is 8.55. The SMILES string of the molecule is Cn1nc2nc(N3CCCC3)nc(-c3ccc4c(c3)OCO4)c2c1N. The van der Waals surface area contributed by atoms with Gasteiger partial charge in [0.2, 0.25) is 12.7 Å². The maximum atomic E-state index is 6.24. The average Bonchev–Trinajstić information content (AvgIpc) is 3.35. The predicted molar refractivity (Wildman–Crippen MR) is 93.7 cm³/mol. The molecule has 0 unspecified atom stereocenters. The highest BCUT2D eigenvalue weighted by Gasteiger charge is 2.23. The van der Waals surface area contributed by atoms with Crippen molar-refractivity contribution in [1.29, 1.82) is 0 Å². The fraction of sp³-hybridized carbons (Fsp3) is 0.353. The van der Waals surface area contributed by atoms with E-state index in [1.165, 1.54) is 0 Å². The van der Waals surface area contributed by atoms with Gasteiger partial charge in [-0.1, -0.05) is 0 Å². The topological polar surface area (TPSA) is 91.3 Å². The number of nitrogens with two attached hydrogens (primary N) is 1. The molecular weight excluding hydrogens is 320 g/mol. The molecule has 0 aliphatic carbocycles. The minimum Gasteiger partial charge on any atom is -0.454 e. The molecule has 25 heavy (non-hydrogen) atoms. The van der Waals surface area contributed by atoms with Crippen LogP contribution >= 0.6 is 0 Å². The van der Waals surface area contributed by atoms with Gasteiger partial charge in [-0.3, -0.25) is 4.68 Å². The summed E-state index contributed by atoms with van der Waals surface area (Å²) in [6.07, 6.45) is 2.32. The Morgan fingerprint density at radius 3 is 2.72 bits per heavy atom. The monoisotopic (exact) mass is 338 g/mol. The van der Waals surface area contributed by atoms with Crippen molar-refractivity contribution in [2.45, 2.75) is 12.8 Å². The maximum Gasteiger partial charge on any atom is 0.231 e. The zero-order valence-electron chi connectivity index (χ0n) is 13.9. The zero-order chi connectivity index (χ0) is 17.0. The molecule has 0 bridgehead atoms. The summed E-state index contributed by atoms with van der Waals surface area (Å²) in [4.78, 5) is 11.7. The minimum atomic E-state index is 0.242. The number of aryl methyl sites for hydroxylation is 1. The molecule has 1 saturated heterocycles. The predicted octanol–water partition coefficient (Wildman–Crippen LogP) is 1.94. The van der Waals surface area contributed by atoms with Crippen LogP contribution in [0.1, 0.15) is 12.8 Å². The summed E-state index contributed by atoms with van der Waals surface area (Å²) >= 11 is 0. The van der Waals surface area contributed by atoms with Crippen LogP contribution in [0.3, 0.4) is 0 Å². The van der Waals surface area contributed by atoms with Crippen LogP contribution in [-0.4, -0.2) is 39.6 Å². The Morgan fingerprint density at radius 2 is 1.88 bits per heavy atom. The lowest BCUT2D eigenvalue weighted by molar-refractivity contribution is 0.174. The highest BCUT2D eigenvalue weighted by Crippen LogP contribution is 2.38. The lowest BCUT2D eigenvalue weighted by Crippen LogP contribution is -2.20. The molecule has 2 aliphatic rings. The highest BCUT2D eigenvalue weighted by molar-refractivity contribution is 5.99. The number of hydrogen-bond donors (Lipinski definition) is 1. The van der Waals surface area contributed by atoms with Crippen LogP contribution in [0, 0.1) is 0 Å². The molecular formula is C17H18N6O2. The van der Waals surface area contributed by atoms with Gasteiger partial charge in [0.05, 0.1) is 11.1 Å². The van der Waals surface area contributed by atoms with E-state index < -0.39 is 0 Å². The third-order valence-electron chi connectivity index (χ3n) is 4.76. The molecule has 128 valence electrons. The van der Waals surface area contributed by atoms with E-state index in [0.29, 0.717) is 17.4 Å². The van der Waals surface area contributed by atoms with Crippen LogP contribution < -0.4 is 20.1 Å². The maximum absolute atomic E-state index is 6.24. The van der Waals surface area contributed by atoms with Crippen LogP contribution in [0.15, 0.2) is 18.2 Å². The van der Waals surface area contributed by atoms with Gasteiger partial charge in [0.25, 0.3) is 0 Å². The number of fused-ring (bicyclic) bond motifs is 2. The largest absolute Gasteiger partial charge is 0.454 e. The molecule has 4 heterocycles. The second kappa shape index (κ2) is 5.23. The van der Waals surface area contributed by atoms with Crippen molar-refractivity contribution in [2.24, 2.45) is 7.05 Å². The second-order valence-electron chi connectivity index (χ2n) is 6.34. The summed E-state index contributed by atoms with van der Waals surface area (Å²) in [5.74, 6) is 2.72. The minimum absolute atomic E-state index is 0.242. The number of rotatable bonds is 2. The van der Waals surface area contributed by atoms with Gasteiger partial charge in [-0.2, -0.15) is 10.1 Å². The van der Waals surface area contributed by atoms with E-state index >= 15 is 0 Å². The smallest absolute Gasteiger partial charge is 0.231 e. The summed E-state index contributed by atoms with van der Waals surface area (Å²) in [6, 6.07) is 5.80. The van der Waals surface area contributed by atoms with Crippen molar-refractivity contribution in [3.8, 4) is 22.8 Å². The Balaban J connectivity index is 1.74. The Hall–Kier alpha value is -3.03. The molecule has 2 aromatic heterocycles. The first-order chi connectivity index (χ1) is 12.2. The van der Waals surface area contributed by atoms with Crippen molar-refractivity contribution < 1.29 is 9.47 Å². The van der Waals surface area contributed by atoms with Gasteiger partial charge < -0.3 is 20.1 Å². The molecule has 2 aliphatic heterocycles. The second-order valence-corrected chi connectivity index (χ2v) is 6.34. The third-order valence-corrected chi connectivity index (χ3v) is 4.76. The van der Waals surface area contributed by atoms with Crippen molar-refractivity contribution in [2.75, 3.05) is 30.5 Å². The number of benzene rings is 1. The molecule has 0 amide bonds. The standard InChI is InChI=1S/C17H18N6O2/c1-22-15(18)13-14(10-4-5-11-12(8-10)25-9-24-11)19-17(20-16(13)21-22)23-6-2-3-7-23/h4-5,8H,2-3,6-7,9,18H2,1H3. The van der Waals surface area contributed by atoms with Gasteiger partial charge >= 0.3 is 0 Å². The van der Waals surface area contributed by atoms with E-state index in [1.54, 1.807) is 4.68 Å². The molecule has 5 rings (SSSR count). The van der Waals surface area contributed by atoms with E-state index in [2.05, 4.69) is 15.0 Å². The lowest BCUT2D eigenvalue weighted by atomic mass is 10.1. The average molecular weight is 338 g/mol. The first-order valence-electron chi connectivity index (χ1n) is 8.36. The summed E-state index contributed by atoms with van der Waals surface area (Å²) in [6.45, 7) is 2.18. The van der Waals surface area contributed by atoms with Crippen LogP contribution in [0.2, 0.25) is 0 Å². The lowest BCUT2D eigenvalue weighted by Gasteiger charge is -2.16. The Morgan fingerprint density at radius 1 is 1.08 bits per heavy atom. The third kappa shape index (κ3) is 2.17. The number of aromatic nitrogens is 4. The van der Waals surface area contributed by atoms with Crippen molar-refractivity contribution in [3.63, 3.8) is 0 Å². The van der Waals surface area contributed by atoms with Gasteiger partial charge in [0.15, 0.2) is 17.1 Å². The number of ether oxygens (including phenoxy) is 2. The molecule has 3 aromatic rings. The zero-order valence-corrected chi connectivity index (χ0v) is 13.9. The molecule has 0 radical (unpaired) electrons. The molecule has 1 aromatic carbocycles. The number of hydrogen-bond acceptors (Lipinski definition) is 7. The van der Waals surface area contributed by atoms with Crippen LogP contribution in [-0.2, 0) is 7.05 Å². The molecule has 1 fully saturated rings. The van der Waals surface area contributed by atoms with Crippen LogP contribution in [0.5, 0.6) is 11.5 Å². The van der Waals surface area contributed by atoms with E-state index in [1.807, 2.05) is 25.2 Å². The molecule has 2 N–H and O–H groups in total. The van der Waals surface area contributed by atoms with E-state index in [9.17, 15) is 0 Å². The normalized spacial score (nSPS) is 16.1. The quantitative estimate of drug-likeness (QED) is 0.763. The Kier molecular flexibility index (Phi) is 3.00. The first-order valence-corrected chi connectivity index (χ1v) is 8.36. The fourth-order valence-corrected chi connectivity index (χ4v) is 3.41.